The van der Waals surface area contributed by atoms with Crippen molar-refractivity contribution in [1.82, 2.24) is 10.2 Å². The van der Waals surface area contributed by atoms with Crippen LogP contribution in [0.4, 0.5) is 0 Å². The minimum absolute atomic E-state index is 0.723. The fourth-order valence-electron chi connectivity index (χ4n) is 3.93. The van der Waals surface area contributed by atoms with Crippen molar-refractivity contribution in [3.8, 4) is 0 Å². The number of nitrogens with one attached hydrogen (secondary N) is 1. The standard InChI is InChI=1S/C16H32N2.C6H6/c1-4-5-6-7-14(2)17-13-15-12-16(15)8-10-18(3)11-9-16;1-2-4-6-5-3-1/h14-15,17H,4-13H2,1-3H3;1-6H. The topological polar surface area (TPSA) is 15.3 Å². The van der Waals surface area contributed by atoms with E-state index >= 15 is 0 Å². The third kappa shape index (κ3) is 6.57. The lowest BCUT2D eigenvalue weighted by Gasteiger charge is -2.30. The second-order valence-corrected chi connectivity index (χ2v) is 8.03. The Kier molecular flexibility index (Phi) is 8.28. The molecule has 1 N–H and O–H groups in total. The fourth-order valence-corrected chi connectivity index (χ4v) is 3.93. The molecule has 24 heavy (non-hydrogen) atoms. The summed E-state index contributed by atoms with van der Waals surface area (Å²) in [6, 6.07) is 12.7. The van der Waals surface area contributed by atoms with E-state index in [1.165, 1.54) is 64.6 Å². The molecule has 0 aromatic heterocycles. The molecule has 1 heterocycles. The fraction of sp³-hybridized carbons (Fsp3) is 0.727. The summed E-state index contributed by atoms with van der Waals surface area (Å²) in [7, 11) is 2.26. The van der Waals surface area contributed by atoms with Gasteiger partial charge < -0.3 is 10.2 Å². The molecule has 0 bridgehead atoms. The van der Waals surface area contributed by atoms with E-state index in [1.54, 1.807) is 0 Å². The molecular formula is C22H38N2. The van der Waals surface area contributed by atoms with Crippen LogP contribution in [0.25, 0.3) is 0 Å². The monoisotopic (exact) mass is 330 g/mol. The third-order valence-electron chi connectivity index (χ3n) is 5.96. The Hall–Kier alpha value is -0.860. The summed E-state index contributed by atoms with van der Waals surface area (Å²) in [6.45, 7) is 8.56. The predicted octanol–water partition coefficient (Wildman–Crippen LogP) is 4.96. The van der Waals surface area contributed by atoms with Crippen LogP contribution in [-0.4, -0.2) is 37.6 Å². The van der Waals surface area contributed by atoms with Crippen LogP contribution in [0.2, 0.25) is 0 Å². The van der Waals surface area contributed by atoms with Gasteiger partial charge in [0.05, 0.1) is 0 Å². The molecule has 2 heteroatoms. The van der Waals surface area contributed by atoms with E-state index in [-0.39, 0.29) is 0 Å². The summed E-state index contributed by atoms with van der Waals surface area (Å²) in [4.78, 5) is 2.49. The van der Waals surface area contributed by atoms with Crippen molar-refractivity contribution in [3.05, 3.63) is 36.4 Å². The highest BCUT2D eigenvalue weighted by Gasteiger charge is 2.53. The highest BCUT2D eigenvalue weighted by Crippen LogP contribution is 2.58. The molecule has 1 aliphatic carbocycles. The Morgan fingerprint density at radius 2 is 1.62 bits per heavy atom. The molecule has 1 saturated carbocycles. The van der Waals surface area contributed by atoms with Crippen LogP contribution in [0.3, 0.4) is 0 Å². The van der Waals surface area contributed by atoms with E-state index in [0.717, 1.165) is 17.4 Å². The maximum Gasteiger partial charge on any atom is 0.00388 e. The van der Waals surface area contributed by atoms with Gasteiger partial charge in [-0.2, -0.15) is 0 Å². The van der Waals surface area contributed by atoms with Crippen molar-refractivity contribution in [3.63, 3.8) is 0 Å². The quantitative estimate of drug-likeness (QED) is 0.711. The number of hydrogen-bond donors (Lipinski definition) is 1. The van der Waals surface area contributed by atoms with Gasteiger partial charge >= 0.3 is 0 Å². The van der Waals surface area contributed by atoms with E-state index in [2.05, 4.69) is 31.1 Å². The molecule has 2 atom stereocenters. The second kappa shape index (κ2) is 10.2. The van der Waals surface area contributed by atoms with Gasteiger partial charge in [0.1, 0.15) is 0 Å². The molecule has 2 nitrogen and oxygen atoms in total. The average molecular weight is 331 g/mol. The highest BCUT2D eigenvalue weighted by atomic mass is 15.1. The van der Waals surface area contributed by atoms with Crippen LogP contribution in [0.1, 0.15) is 58.8 Å². The molecule has 3 rings (SSSR count). The van der Waals surface area contributed by atoms with Crippen LogP contribution < -0.4 is 5.32 Å². The maximum absolute atomic E-state index is 3.77. The second-order valence-electron chi connectivity index (χ2n) is 8.03. The lowest BCUT2D eigenvalue weighted by atomic mass is 9.91. The van der Waals surface area contributed by atoms with Crippen molar-refractivity contribution in [2.45, 2.75) is 64.8 Å². The van der Waals surface area contributed by atoms with Gasteiger partial charge in [0.25, 0.3) is 0 Å². The van der Waals surface area contributed by atoms with Crippen LogP contribution in [-0.2, 0) is 0 Å². The molecule has 1 aromatic carbocycles. The number of hydrogen-bond acceptors (Lipinski definition) is 2. The lowest BCUT2D eigenvalue weighted by Crippen LogP contribution is -2.34. The van der Waals surface area contributed by atoms with Gasteiger partial charge in [-0.1, -0.05) is 62.6 Å². The first-order valence-electron chi connectivity index (χ1n) is 10.1. The van der Waals surface area contributed by atoms with E-state index in [9.17, 15) is 0 Å². The summed E-state index contributed by atoms with van der Waals surface area (Å²) in [5, 5.41) is 3.77. The van der Waals surface area contributed by atoms with Crippen molar-refractivity contribution in [1.29, 1.82) is 0 Å². The zero-order valence-corrected chi connectivity index (χ0v) is 16.1. The Balaban J connectivity index is 0.000000292. The SMILES string of the molecule is CCCCCC(C)NCC1CC12CCN(C)CC2.c1ccccc1. The Labute approximate surface area is 150 Å². The van der Waals surface area contributed by atoms with E-state index in [4.69, 9.17) is 0 Å². The van der Waals surface area contributed by atoms with Gasteiger partial charge in [-0.25, -0.2) is 0 Å². The first-order valence-corrected chi connectivity index (χ1v) is 10.1. The summed E-state index contributed by atoms with van der Waals surface area (Å²) >= 11 is 0. The number of likely N-dealkylation sites (tertiary alicyclic amines) is 1. The molecule has 0 radical (unpaired) electrons. The molecule has 2 aliphatic rings. The van der Waals surface area contributed by atoms with E-state index in [1.807, 2.05) is 36.4 Å². The van der Waals surface area contributed by atoms with Crippen LogP contribution in [0, 0.1) is 11.3 Å². The summed E-state index contributed by atoms with van der Waals surface area (Å²) in [5.74, 6) is 0.986. The smallest absolute Gasteiger partial charge is 0.00388 e. The normalized spacial score (nSPS) is 23.4. The first-order chi connectivity index (χ1) is 11.7. The zero-order chi connectivity index (χ0) is 17.3. The predicted molar refractivity (Wildman–Crippen MR) is 105 cm³/mol. The minimum Gasteiger partial charge on any atom is -0.314 e. The number of benzene rings is 1. The Morgan fingerprint density at radius 1 is 1.04 bits per heavy atom. The van der Waals surface area contributed by atoms with Crippen LogP contribution in [0.15, 0.2) is 36.4 Å². The minimum atomic E-state index is 0.723. The van der Waals surface area contributed by atoms with Crippen LogP contribution in [0.5, 0.6) is 0 Å². The molecule has 2 unspecified atom stereocenters. The molecule has 1 spiro atoms. The largest absolute Gasteiger partial charge is 0.314 e. The first kappa shape index (κ1) is 19.5. The van der Waals surface area contributed by atoms with Crippen molar-refractivity contribution >= 4 is 0 Å². The Morgan fingerprint density at radius 3 is 2.17 bits per heavy atom. The third-order valence-corrected chi connectivity index (χ3v) is 5.96. The zero-order valence-electron chi connectivity index (χ0n) is 16.1. The molecule has 1 aromatic rings. The number of unbranched alkanes of at least 4 members (excludes halogenated alkanes) is 2. The molecule has 2 fully saturated rings. The summed E-state index contributed by atoms with van der Waals surface area (Å²) in [5.41, 5.74) is 0.753. The lowest BCUT2D eigenvalue weighted by molar-refractivity contribution is 0.191. The van der Waals surface area contributed by atoms with Gasteiger partial charge in [0.2, 0.25) is 0 Å². The summed E-state index contributed by atoms with van der Waals surface area (Å²) in [6.07, 6.45) is 9.87. The highest BCUT2D eigenvalue weighted by molar-refractivity contribution is 5.05. The molecule has 1 saturated heterocycles. The number of rotatable bonds is 7. The maximum atomic E-state index is 3.77. The van der Waals surface area contributed by atoms with Crippen molar-refractivity contribution < 1.29 is 0 Å². The van der Waals surface area contributed by atoms with Crippen molar-refractivity contribution in [2.24, 2.45) is 11.3 Å². The Bertz CT molecular complexity index is 396. The molecular weight excluding hydrogens is 292 g/mol. The van der Waals surface area contributed by atoms with Gasteiger partial charge in [-0.3, -0.25) is 0 Å². The summed E-state index contributed by atoms with van der Waals surface area (Å²) < 4.78 is 0. The molecule has 1 aliphatic heterocycles. The van der Waals surface area contributed by atoms with Gasteiger partial charge in [-0.15, -0.1) is 0 Å². The van der Waals surface area contributed by atoms with Crippen molar-refractivity contribution in [2.75, 3.05) is 26.7 Å². The average Bonchev–Trinajstić information content (AvgIpc) is 3.31. The van der Waals surface area contributed by atoms with Gasteiger partial charge in [-0.05, 0) is 70.6 Å². The van der Waals surface area contributed by atoms with E-state index < -0.39 is 0 Å². The van der Waals surface area contributed by atoms with Gasteiger partial charge in [0, 0.05) is 6.04 Å². The molecule has 136 valence electrons. The number of piperidine rings is 1. The van der Waals surface area contributed by atoms with Gasteiger partial charge in [0.15, 0.2) is 0 Å². The van der Waals surface area contributed by atoms with E-state index in [0.29, 0.717) is 0 Å². The number of nitrogens with zero attached hydrogens (tertiary/aromatic N) is 1. The van der Waals surface area contributed by atoms with Crippen LogP contribution >= 0.6 is 0 Å². The molecule has 0 amide bonds.